The van der Waals surface area contributed by atoms with E-state index in [1.54, 1.807) is 11.0 Å². The van der Waals surface area contributed by atoms with Crippen LogP contribution in [-0.4, -0.2) is 37.0 Å². The van der Waals surface area contributed by atoms with Gasteiger partial charge < -0.3 is 9.64 Å². The Morgan fingerprint density at radius 2 is 2.44 bits per heavy atom. The van der Waals surface area contributed by atoms with Gasteiger partial charge in [-0.3, -0.25) is 9.59 Å². The SMILES string of the molecule is C=CCN1CCC=C(CCC(=O)OC)C1=O. The summed E-state index contributed by atoms with van der Waals surface area (Å²) >= 11 is 0. The van der Waals surface area contributed by atoms with Crippen molar-refractivity contribution in [3.8, 4) is 0 Å². The van der Waals surface area contributed by atoms with Gasteiger partial charge in [0, 0.05) is 25.1 Å². The van der Waals surface area contributed by atoms with Gasteiger partial charge in [-0.1, -0.05) is 12.2 Å². The molecule has 1 aliphatic rings. The Kier molecular flexibility index (Phi) is 4.76. The third kappa shape index (κ3) is 3.22. The number of nitrogens with zero attached hydrogens (tertiary/aromatic N) is 1. The Labute approximate surface area is 95.6 Å². The van der Waals surface area contributed by atoms with E-state index in [1.807, 2.05) is 6.08 Å². The molecule has 0 aromatic carbocycles. The van der Waals surface area contributed by atoms with E-state index in [9.17, 15) is 9.59 Å². The Morgan fingerprint density at radius 3 is 3.06 bits per heavy atom. The smallest absolute Gasteiger partial charge is 0.305 e. The van der Waals surface area contributed by atoms with Gasteiger partial charge in [-0.05, 0) is 12.8 Å². The fourth-order valence-corrected chi connectivity index (χ4v) is 1.66. The summed E-state index contributed by atoms with van der Waals surface area (Å²) in [4.78, 5) is 24.6. The van der Waals surface area contributed by atoms with Gasteiger partial charge in [-0.15, -0.1) is 6.58 Å². The molecule has 0 saturated carbocycles. The molecule has 0 aliphatic carbocycles. The minimum absolute atomic E-state index is 0.00931. The lowest BCUT2D eigenvalue weighted by Crippen LogP contribution is -2.35. The summed E-state index contributed by atoms with van der Waals surface area (Å²) in [7, 11) is 1.35. The lowest BCUT2D eigenvalue weighted by Gasteiger charge is -2.25. The van der Waals surface area contributed by atoms with Gasteiger partial charge in [0.25, 0.3) is 0 Å². The van der Waals surface area contributed by atoms with Gasteiger partial charge >= 0.3 is 5.97 Å². The van der Waals surface area contributed by atoms with Crippen LogP contribution in [0.15, 0.2) is 24.3 Å². The molecule has 0 bridgehead atoms. The number of ether oxygens (including phenoxy) is 1. The molecule has 1 rings (SSSR count). The summed E-state index contributed by atoms with van der Waals surface area (Å²) in [5.74, 6) is -0.274. The van der Waals surface area contributed by atoms with Crippen molar-refractivity contribution >= 4 is 11.9 Å². The number of carbonyl (C=O) groups is 2. The summed E-state index contributed by atoms with van der Waals surface area (Å²) < 4.78 is 4.54. The highest BCUT2D eigenvalue weighted by Crippen LogP contribution is 2.16. The molecular formula is C12H17NO3. The van der Waals surface area contributed by atoms with E-state index in [-0.39, 0.29) is 18.3 Å². The topological polar surface area (TPSA) is 46.6 Å². The highest BCUT2D eigenvalue weighted by Gasteiger charge is 2.21. The van der Waals surface area contributed by atoms with Gasteiger partial charge in [0.1, 0.15) is 0 Å². The van der Waals surface area contributed by atoms with Crippen molar-refractivity contribution in [3.63, 3.8) is 0 Å². The molecule has 1 heterocycles. The Bertz CT molecular complexity index is 320. The van der Waals surface area contributed by atoms with Crippen LogP contribution >= 0.6 is 0 Å². The number of esters is 1. The van der Waals surface area contributed by atoms with Crippen LogP contribution in [0, 0.1) is 0 Å². The fourth-order valence-electron chi connectivity index (χ4n) is 1.66. The van der Waals surface area contributed by atoms with Gasteiger partial charge in [0.2, 0.25) is 5.91 Å². The van der Waals surface area contributed by atoms with E-state index < -0.39 is 0 Å². The first kappa shape index (κ1) is 12.5. The first-order valence-electron chi connectivity index (χ1n) is 5.35. The maximum atomic E-state index is 11.9. The molecule has 1 amide bonds. The number of rotatable bonds is 5. The minimum atomic E-state index is -0.283. The van der Waals surface area contributed by atoms with E-state index in [2.05, 4.69) is 11.3 Å². The second kappa shape index (κ2) is 6.10. The number of hydrogen-bond donors (Lipinski definition) is 0. The molecule has 0 spiro atoms. The number of amides is 1. The molecule has 0 atom stereocenters. The molecule has 4 heteroatoms. The lowest BCUT2D eigenvalue weighted by atomic mass is 10.0. The normalized spacial score (nSPS) is 15.7. The van der Waals surface area contributed by atoms with E-state index in [0.717, 1.165) is 13.0 Å². The second-order valence-electron chi connectivity index (χ2n) is 3.63. The minimum Gasteiger partial charge on any atom is -0.469 e. The molecule has 0 fully saturated rings. The average Bonchev–Trinajstić information content (AvgIpc) is 2.30. The Morgan fingerprint density at radius 1 is 1.69 bits per heavy atom. The predicted octanol–water partition coefficient (Wildman–Crippen LogP) is 1.28. The monoisotopic (exact) mass is 223 g/mol. The predicted molar refractivity (Wildman–Crippen MR) is 60.7 cm³/mol. The highest BCUT2D eigenvalue weighted by molar-refractivity contribution is 5.94. The largest absolute Gasteiger partial charge is 0.469 e. The lowest BCUT2D eigenvalue weighted by molar-refractivity contribution is -0.140. The zero-order valence-electron chi connectivity index (χ0n) is 9.57. The summed E-state index contributed by atoms with van der Waals surface area (Å²) in [5.41, 5.74) is 0.707. The molecule has 4 nitrogen and oxygen atoms in total. The summed E-state index contributed by atoms with van der Waals surface area (Å²) in [6.07, 6.45) is 5.18. The molecule has 0 unspecified atom stereocenters. The zero-order chi connectivity index (χ0) is 12.0. The van der Waals surface area contributed by atoms with Crippen molar-refractivity contribution in [3.05, 3.63) is 24.3 Å². The van der Waals surface area contributed by atoms with Crippen LogP contribution in [0.1, 0.15) is 19.3 Å². The van der Waals surface area contributed by atoms with Crippen LogP contribution in [0.4, 0.5) is 0 Å². The number of methoxy groups -OCH3 is 1. The first-order valence-corrected chi connectivity index (χ1v) is 5.35. The van der Waals surface area contributed by atoms with Crippen molar-refractivity contribution in [2.75, 3.05) is 20.2 Å². The van der Waals surface area contributed by atoms with Crippen molar-refractivity contribution in [1.82, 2.24) is 4.90 Å². The first-order chi connectivity index (χ1) is 7.69. The van der Waals surface area contributed by atoms with Crippen molar-refractivity contribution in [2.24, 2.45) is 0 Å². The Balaban J connectivity index is 2.53. The third-order valence-corrected chi connectivity index (χ3v) is 2.53. The molecule has 0 N–H and O–H groups in total. The second-order valence-corrected chi connectivity index (χ2v) is 3.63. The average molecular weight is 223 g/mol. The molecular weight excluding hydrogens is 206 g/mol. The van der Waals surface area contributed by atoms with Crippen molar-refractivity contribution < 1.29 is 14.3 Å². The summed E-state index contributed by atoms with van der Waals surface area (Å²) in [6.45, 7) is 4.91. The zero-order valence-corrected chi connectivity index (χ0v) is 9.57. The Hall–Kier alpha value is -1.58. The maximum Gasteiger partial charge on any atom is 0.305 e. The molecule has 88 valence electrons. The fraction of sp³-hybridized carbons (Fsp3) is 0.500. The highest BCUT2D eigenvalue weighted by atomic mass is 16.5. The molecule has 0 saturated heterocycles. The molecule has 16 heavy (non-hydrogen) atoms. The van der Waals surface area contributed by atoms with Crippen LogP contribution in [0.5, 0.6) is 0 Å². The number of hydrogen-bond acceptors (Lipinski definition) is 3. The van der Waals surface area contributed by atoms with Crippen molar-refractivity contribution in [2.45, 2.75) is 19.3 Å². The van der Waals surface area contributed by atoms with Crippen LogP contribution in [0.3, 0.4) is 0 Å². The summed E-state index contributed by atoms with van der Waals surface area (Å²) in [5, 5.41) is 0. The van der Waals surface area contributed by atoms with Gasteiger partial charge in [-0.25, -0.2) is 0 Å². The molecule has 0 aromatic heterocycles. The standard InChI is InChI=1S/C12H17NO3/c1-3-8-13-9-4-5-10(12(13)15)6-7-11(14)16-2/h3,5H,1,4,6-9H2,2H3. The van der Waals surface area contributed by atoms with Gasteiger partial charge in [-0.2, -0.15) is 0 Å². The molecule has 0 aromatic rings. The maximum absolute atomic E-state index is 11.9. The van der Waals surface area contributed by atoms with E-state index in [4.69, 9.17) is 0 Å². The van der Waals surface area contributed by atoms with Crippen LogP contribution in [-0.2, 0) is 14.3 Å². The van der Waals surface area contributed by atoms with E-state index in [1.165, 1.54) is 7.11 Å². The van der Waals surface area contributed by atoms with Crippen molar-refractivity contribution in [1.29, 1.82) is 0 Å². The van der Waals surface area contributed by atoms with Crippen LogP contribution in [0.2, 0.25) is 0 Å². The van der Waals surface area contributed by atoms with Gasteiger partial charge in [0.15, 0.2) is 0 Å². The van der Waals surface area contributed by atoms with Crippen LogP contribution < -0.4 is 0 Å². The van der Waals surface area contributed by atoms with E-state index >= 15 is 0 Å². The van der Waals surface area contributed by atoms with Crippen LogP contribution in [0.25, 0.3) is 0 Å². The van der Waals surface area contributed by atoms with Gasteiger partial charge in [0.05, 0.1) is 7.11 Å². The van der Waals surface area contributed by atoms with E-state index in [0.29, 0.717) is 18.5 Å². The molecule has 0 radical (unpaired) electrons. The molecule has 1 aliphatic heterocycles. The number of carbonyl (C=O) groups excluding carboxylic acids is 2. The summed E-state index contributed by atoms with van der Waals surface area (Å²) in [6, 6.07) is 0. The quantitative estimate of drug-likeness (QED) is 0.521. The third-order valence-electron chi connectivity index (χ3n) is 2.53.